The van der Waals surface area contributed by atoms with Gasteiger partial charge < -0.3 is 10.6 Å². The first-order chi connectivity index (χ1) is 11.1. The van der Waals surface area contributed by atoms with Crippen LogP contribution in [0.5, 0.6) is 0 Å². The molecule has 1 aromatic heterocycles. The molecule has 0 saturated carbocycles. The summed E-state index contributed by atoms with van der Waals surface area (Å²) in [6.07, 6.45) is 1.76. The lowest BCUT2D eigenvalue weighted by Gasteiger charge is -2.17. The van der Waals surface area contributed by atoms with E-state index in [1.54, 1.807) is 19.3 Å². The molecular weight excluding hydrogens is 308 g/mol. The maximum atomic E-state index is 5.79. The number of hydrogen-bond acceptors (Lipinski definition) is 2. The van der Waals surface area contributed by atoms with Crippen molar-refractivity contribution >= 4 is 17.6 Å². The summed E-state index contributed by atoms with van der Waals surface area (Å²) < 4.78 is 0. The summed E-state index contributed by atoms with van der Waals surface area (Å²) in [6.45, 7) is 5.80. The van der Waals surface area contributed by atoms with Gasteiger partial charge in [0.1, 0.15) is 5.15 Å². The van der Waals surface area contributed by atoms with E-state index in [1.165, 1.54) is 11.1 Å². The summed E-state index contributed by atoms with van der Waals surface area (Å²) in [5.41, 5.74) is 3.67. The van der Waals surface area contributed by atoms with Gasteiger partial charge in [0.25, 0.3) is 0 Å². The second kappa shape index (κ2) is 8.53. The Hall–Kier alpha value is -2.07. The van der Waals surface area contributed by atoms with Crippen LogP contribution in [0.3, 0.4) is 0 Å². The quantitative estimate of drug-likeness (QED) is 0.501. The highest BCUT2D eigenvalue weighted by molar-refractivity contribution is 6.29. The van der Waals surface area contributed by atoms with Crippen LogP contribution in [0.15, 0.2) is 47.6 Å². The molecule has 0 bridgehead atoms. The number of rotatable bonds is 5. The zero-order valence-corrected chi connectivity index (χ0v) is 14.6. The highest BCUT2D eigenvalue weighted by atomic mass is 35.5. The summed E-state index contributed by atoms with van der Waals surface area (Å²) in [5.74, 6) is 1.19. The topological polar surface area (TPSA) is 49.3 Å². The van der Waals surface area contributed by atoms with E-state index < -0.39 is 0 Å². The summed E-state index contributed by atoms with van der Waals surface area (Å²) in [5, 5.41) is 7.14. The Labute approximate surface area is 143 Å². The highest BCUT2D eigenvalue weighted by Crippen LogP contribution is 2.15. The minimum absolute atomic E-state index is 0.408. The molecule has 1 aromatic carbocycles. The largest absolute Gasteiger partial charge is 0.356 e. The lowest BCUT2D eigenvalue weighted by molar-refractivity contribution is 0.698. The minimum Gasteiger partial charge on any atom is -0.356 e. The van der Waals surface area contributed by atoms with E-state index in [4.69, 9.17) is 11.6 Å². The molecule has 4 nitrogen and oxygen atoms in total. The van der Waals surface area contributed by atoms with Crippen molar-refractivity contribution in [3.8, 4) is 0 Å². The van der Waals surface area contributed by atoms with Crippen molar-refractivity contribution in [2.24, 2.45) is 4.99 Å². The SMILES string of the molecule is CN=C(NCc1ccc(Cl)nc1)NCC(C)c1cccc(C)c1. The van der Waals surface area contributed by atoms with Gasteiger partial charge in [0.15, 0.2) is 5.96 Å². The molecule has 1 unspecified atom stereocenters. The van der Waals surface area contributed by atoms with Gasteiger partial charge in [-0.15, -0.1) is 0 Å². The second-order valence-corrected chi connectivity index (χ2v) is 6.00. The van der Waals surface area contributed by atoms with E-state index >= 15 is 0 Å². The van der Waals surface area contributed by atoms with Crippen molar-refractivity contribution in [3.63, 3.8) is 0 Å². The number of hydrogen-bond donors (Lipinski definition) is 2. The highest BCUT2D eigenvalue weighted by Gasteiger charge is 2.07. The van der Waals surface area contributed by atoms with Gasteiger partial charge in [0, 0.05) is 26.3 Å². The van der Waals surface area contributed by atoms with Crippen molar-refractivity contribution in [2.75, 3.05) is 13.6 Å². The summed E-state index contributed by atoms with van der Waals surface area (Å²) in [4.78, 5) is 8.32. The van der Waals surface area contributed by atoms with Crippen LogP contribution in [-0.2, 0) is 6.54 Å². The summed E-state index contributed by atoms with van der Waals surface area (Å²) in [6, 6.07) is 12.3. The van der Waals surface area contributed by atoms with Crippen molar-refractivity contribution in [1.82, 2.24) is 15.6 Å². The average Bonchev–Trinajstić information content (AvgIpc) is 2.56. The van der Waals surface area contributed by atoms with Crippen LogP contribution in [0.2, 0.25) is 5.15 Å². The maximum Gasteiger partial charge on any atom is 0.191 e. The smallest absolute Gasteiger partial charge is 0.191 e. The van der Waals surface area contributed by atoms with Crippen molar-refractivity contribution in [1.29, 1.82) is 0 Å². The van der Waals surface area contributed by atoms with Crippen molar-refractivity contribution in [2.45, 2.75) is 26.3 Å². The van der Waals surface area contributed by atoms with Gasteiger partial charge >= 0.3 is 0 Å². The Morgan fingerprint density at radius 2 is 2.09 bits per heavy atom. The Morgan fingerprint density at radius 1 is 1.26 bits per heavy atom. The van der Waals surface area contributed by atoms with E-state index in [9.17, 15) is 0 Å². The number of nitrogens with zero attached hydrogens (tertiary/aromatic N) is 2. The Kier molecular flexibility index (Phi) is 6.41. The van der Waals surface area contributed by atoms with Gasteiger partial charge in [-0.05, 0) is 30.0 Å². The fourth-order valence-electron chi connectivity index (χ4n) is 2.26. The molecule has 5 heteroatoms. The maximum absolute atomic E-state index is 5.79. The van der Waals surface area contributed by atoms with Gasteiger partial charge in [0.05, 0.1) is 0 Å². The standard InChI is InChI=1S/C18H23ClN4/c1-13-5-4-6-16(9-13)14(2)10-22-18(20-3)23-12-15-7-8-17(19)21-11-15/h4-9,11,14H,10,12H2,1-3H3,(H2,20,22,23). The molecule has 0 aliphatic rings. The zero-order chi connectivity index (χ0) is 16.7. The number of guanidine groups is 1. The first kappa shape index (κ1) is 17.3. The van der Waals surface area contributed by atoms with Gasteiger partial charge in [-0.3, -0.25) is 4.99 Å². The normalized spacial score (nSPS) is 12.8. The lowest BCUT2D eigenvalue weighted by Crippen LogP contribution is -2.38. The molecule has 2 aromatic rings. The number of nitrogens with one attached hydrogen (secondary N) is 2. The molecule has 1 heterocycles. The Bertz CT molecular complexity index is 652. The van der Waals surface area contributed by atoms with E-state index in [-0.39, 0.29) is 0 Å². The second-order valence-electron chi connectivity index (χ2n) is 5.61. The minimum atomic E-state index is 0.408. The van der Waals surface area contributed by atoms with Crippen LogP contribution in [0.4, 0.5) is 0 Å². The van der Waals surface area contributed by atoms with Gasteiger partial charge in [-0.2, -0.15) is 0 Å². The fourth-order valence-corrected chi connectivity index (χ4v) is 2.37. The molecule has 0 amide bonds. The first-order valence-corrected chi connectivity index (χ1v) is 8.08. The molecule has 23 heavy (non-hydrogen) atoms. The molecule has 0 aliphatic carbocycles. The average molecular weight is 331 g/mol. The van der Waals surface area contributed by atoms with Crippen LogP contribution in [0, 0.1) is 6.92 Å². The number of benzene rings is 1. The van der Waals surface area contributed by atoms with Crippen LogP contribution in [0.25, 0.3) is 0 Å². The third-order valence-electron chi connectivity index (χ3n) is 3.66. The van der Waals surface area contributed by atoms with Crippen LogP contribution in [0.1, 0.15) is 29.5 Å². The third-order valence-corrected chi connectivity index (χ3v) is 3.88. The molecular formula is C18H23ClN4. The number of halogens is 1. The Morgan fingerprint density at radius 3 is 2.74 bits per heavy atom. The van der Waals surface area contributed by atoms with E-state index in [1.807, 2.05) is 6.07 Å². The van der Waals surface area contributed by atoms with Crippen molar-refractivity contribution in [3.05, 3.63) is 64.4 Å². The molecule has 0 spiro atoms. The molecule has 1 atom stereocenters. The predicted octanol–water partition coefficient (Wildman–Crippen LogP) is 3.51. The van der Waals surface area contributed by atoms with Crippen LogP contribution < -0.4 is 10.6 Å². The first-order valence-electron chi connectivity index (χ1n) is 7.70. The number of aliphatic imine (C=N–C) groups is 1. The fraction of sp³-hybridized carbons (Fsp3) is 0.333. The van der Waals surface area contributed by atoms with Gasteiger partial charge in [-0.25, -0.2) is 4.98 Å². The number of aryl methyl sites for hydroxylation is 1. The Balaban J connectivity index is 1.84. The molecule has 0 radical (unpaired) electrons. The monoisotopic (exact) mass is 330 g/mol. The van der Waals surface area contributed by atoms with E-state index in [0.29, 0.717) is 17.6 Å². The lowest BCUT2D eigenvalue weighted by atomic mass is 9.99. The third kappa shape index (κ3) is 5.57. The van der Waals surface area contributed by atoms with Crippen molar-refractivity contribution < 1.29 is 0 Å². The molecule has 0 aliphatic heterocycles. The van der Waals surface area contributed by atoms with Gasteiger partial charge in [0.2, 0.25) is 0 Å². The van der Waals surface area contributed by atoms with E-state index in [2.05, 4.69) is 58.7 Å². The molecule has 2 N–H and O–H groups in total. The summed E-state index contributed by atoms with van der Waals surface area (Å²) in [7, 11) is 1.77. The van der Waals surface area contributed by atoms with Gasteiger partial charge in [-0.1, -0.05) is 54.4 Å². The van der Waals surface area contributed by atoms with E-state index in [0.717, 1.165) is 18.1 Å². The molecule has 122 valence electrons. The predicted molar refractivity (Wildman–Crippen MR) is 97.0 cm³/mol. The zero-order valence-electron chi connectivity index (χ0n) is 13.8. The molecule has 2 rings (SSSR count). The summed E-state index contributed by atoms with van der Waals surface area (Å²) >= 11 is 5.79. The molecule has 0 fully saturated rings. The molecule has 0 saturated heterocycles. The van der Waals surface area contributed by atoms with Crippen LogP contribution in [-0.4, -0.2) is 24.5 Å². The number of aromatic nitrogens is 1. The van der Waals surface area contributed by atoms with Crippen LogP contribution >= 0.6 is 11.6 Å². The number of pyridine rings is 1.